The van der Waals surface area contributed by atoms with Gasteiger partial charge in [0.1, 0.15) is 6.54 Å². The van der Waals surface area contributed by atoms with Crippen molar-refractivity contribution >= 4 is 11.6 Å². The molecule has 1 atom stereocenters. The zero-order valence-corrected chi connectivity index (χ0v) is 11.1. The molecule has 1 saturated heterocycles. The maximum atomic E-state index is 12.2. The van der Waals surface area contributed by atoms with Gasteiger partial charge >= 0.3 is 0 Å². The van der Waals surface area contributed by atoms with E-state index < -0.39 is 0 Å². The number of morpholine rings is 1. The molecule has 1 fully saturated rings. The number of carbonyl (C=O) groups is 1. The molecule has 0 bridgehead atoms. The second kappa shape index (κ2) is 4.97. The van der Waals surface area contributed by atoms with Crippen molar-refractivity contribution in [3.8, 4) is 0 Å². The van der Waals surface area contributed by atoms with Crippen LogP contribution in [-0.2, 0) is 16.1 Å². The lowest BCUT2D eigenvalue weighted by Crippen LogP contribution is -2.45. The third-order valence-electron chi connectivity index (χ3n) is 3.32. The van der Waals surface area contributed by atoms with E-state index in [1.54, 1.807) is 4.68 Å². The van der Waals surface area contributed by atoms with Crippen LogP contribution in [0.15, 0.2) is 0 Å². The molecule has 1 amide bonds. The molecule has 6 nitrogen and oxygen atoms in total. The molecule has 1 aromatic heterocycles. The molecule has 2 N–H and O–H groups in total. The molecule has 1 aliphatic heterocycles. The van der Waals surface area contributed by atoms with Crippen LogP contribution < -0.4 is 5.73 Å². The Morgan fingerprint density at radius 3 is 2.83 bits per heavy atom. The van der Waals surface area contributed by atoms with E-state index in [2.05, 4.69) is 5.10 Å². The lowest BCUT2D eigenvalue weighted by atomic mass is 10.3. The zero-order chi connectivity index (χ0) is 13.3. The van der Waals surface area contributed by atoms with E-state index in [0.717, 1.165) is 11.4 Å². The minimum atomic E-state index is 0.0655. The van der Waals surface area contributed by atoms with E-state index in [9.17, 15) is 4.79 Å². The van der Waals surface area contributed by atoms with Crippen LogP contribution in [0.1, 0.15) is 18.3 Å². The number of ether oxygens (including phenoxy) is 1. The zero-order valence-electron chi connectivity index (χ0n) is 11.1. The van der Waals surface area contributed by atoms with Gasteiger partial charge in [-0.15, -0.1) is 0 Å². The van der Waals surface area contributed by atoms with Gasteiger partial charge in [0, 0.05) is 13.1 Å². The van der Waals surface area contributed by atoms with Gasteiger partial charge in [-0.1, -0.05) is 0 Å². The quantitative estimate of drug-likeness (QED) is 0.823. The lowest BCUT2D eigenvalue weighted by Gasteiger charge is -2.31. The number of anilines is 1. The predicted molar refractivity (Wildman–Crippen MR) is 68.1 cm³/mol. The monoisotopic (exact) mass is 252 g/mol. The molecule has 0 spiro atoms. The Kier molecular flexibility index (Phi) is 3.56. The number of nitrogen functional groups attached to an aromatic ring is 1. The van der Waals surface area contributed by atoms with Gasteiger partial charge in [0.15, 0.2) is 0 Å². The highest BCUT2D eigenvalue weighted by atomic mass is 16.5. The van der Waals surface area contributed by atoms with Crippen molar-refractivity contribution in [2.45, 2.75) is 33.4 Å². The minimum Gasteiger partial charge on any atom is -0.396 e. The van der Waals surface area contributed by atoms with E-state index in [4.69, 9.17) is 10.5 Å². The summed E-state index contributed by atoms with van der Waals surface area (Å²) in [6.07, 6.45) is 0.105. The molecule has 1 aliphatic rings. The maximum Gasteiger partial charge on any atom is 0.244 e. The Morgan fingerprint density at radius 2 is 2.28 bits per heavy atom. The standard InChI is InChI=1S/C12H20N4O2/c1-8-6-15(4-5-18-8)11(17)7-16-10(3)12(13)9(2)14-16/h8H,4-7,13H2,1-3H3. The van der Waals surface area contributed by atoms with E-state index in [-0.39, 0.29) is 18.6 Å². The molecule has 100 valence electrons. The first kappa shape index (κ1) is 12.9. The van der Waals surface area contributed by atoms with Gasteiger partial charge < -0.3 is 15.4 Å². The fourth-order valence-electron chi connectivity index (χ4n) is 2.14. The SMILES string of the molecule is Cc1nn(CC(=O)N2CCOC(C)C2)c(C)c1N. The van der Waals surface area contributed by atoms with Crippen molar-refractivity contribution < 1.29 is 9.53 Å². The number of aryl methyl sites for hydroxylation is 1. The highest BCUT2D eigenvalue weighted by Gasteiger charge is 2.22. The van der Waals surface area contributed by atoms with Crippen molar-refractivity contribution in [3.05, 3.63) is 11.4 Å². The molecule has 0 aromatic carbocycles. The van der Waals surface area contributed by atoms with E-state index in [1.807, 2.05) is 25.7 Å². The maximum absolute atomic E-state index is 12.2. The van der Waals surface area contributed by atoms with Crippen LogP contribution in [0.25, 0.3) is 0 Å². The molecule has 2 heterocycles. The van der Waals surface area contributed by atoms with Crippen LogP contribution in [0.2, 0.25) is 0 Å². The summed E-state index contributed by atoms with van der Waals surface area (Å²) < 4.78 is 7.09. The van der Waals surface area contributed by atoms with Gasteiger partial charge in [0.25, 0.3) is 0 Å². The van der Waals surface area contributed by atoms with Crippen molar-refractivity contribution in [2.75, 3.05) is 25.4 Å². The summed E-state index contributed by atoms with van der Waals surface area (Å²) in [7, 11) is 0. The van der Waals surface area contributed by atoms with Crippen LogP contribution >= 0.6 is 0 Å². The highest BCUT2D eigenvalue weighted by Crippen LogP contribution is 2.15. The fourth-order valence-corrected chi connectivity index (χ4v) is 2.14. The van der Waals surface area contributed by atoms with Crippen molar-refractivity contribution in [1.82, 2.24) is 14.7 Å². The average molecular weight is 252 g/mol. The van der Waals surface area contributed by atoms with Crippen LogP contribution in [-0.4, -0.2) is 46.4 Å². The Balaban J connectivity index is 2.04. The Bertz CT molecular complexity index is 455. The van der Waals surface area contributed by atoms with Crippen LogP contribution in [0.3, 0.4) is 0 Å². The molecular weight excluding hydrogens is 232 g/mol. The third kappa shape index (κ3) is 2.48. The van der Waals surface area contributed by atoms with Crippen LogP contribution in [0, 0.1) is 13.8 Å². The highest BCUT2D eigenvalue weighted by molar-refractivity contribution is 5.76. The van der Waals surface area contributed by atoms with Crippen molar-refractivity contribution in [1.29, 1.82) is 0 Å². The summed E-state index contributed by atoms with van der Waals surface area (Å²) >= 11 is 0. The number of hydrogen-bond acceptors (Lipinski definition) is 4. The van der Waals surface area contributed by atoms with E-state index in [0.29, 0.717) is 25.4 Å². The molecule has 0 radical (unpaired) electrons. The predicted octanol–water partition coefficient (Wildman–Crippen LogP) is 0.329. The molecule has 0 aliphatic carbocycles. The van der Waals surface area contributed by atoms with E-state index >= 15 is 0 Å². The minimum absolute atomic E-state index is 0.0655. The van der Waals surface area contributed by atoms with Crippen LogP contribution in [0.5, 0.6) is 0 Å². The second-order valence-electron chi connectivity index (χ2n) is 4.76. The van der Waals surface area contributed by atoms with Gasteiger partial charge in [-0.05, 0) is 20.8 Å². The summed E-state index contributed by atoms with van der Waals surface area (Å²) in [5.74, 6) is 0.0655. The molecule has 18 heavy (non-hydrogen) atoms. The number of amides is 1. The first-order valence-corrected chi connectivity index (χ1v) is 6.18. The first-order chi connectivity index (χ1) is 8.49. The van der Waals surface area contributed by atoms with Crippen LogP contribution in [0.4, 0.5) is 5.69 Å². The topological polar surface area (TPSA) is 73.4 Å². The molecule has 0 saturated carbocycles. The fraction of sp³-hybridized carbons (Fsp3) is 0.667. The first-order valence-electron chi connectivity index (χ1n) is 6.18. The Labute approximate surface area is 107 Å². The van der Waals surface area contributed by atoms with Crippen molar-refractivity contribution in [2.24, 2.45) is 0 Å². The second-order valence-corrected chi connectivity index (χ2v) is 4.76. The van der Waals surface area contributed by atoms with Gasteiger partial charge in [0.05, 0.1) is 29.8 Å². The van der Waals surface area contributed by atoms with E-state index in [1.165, 1.54) is 0 Å². The number of aromatic nitrogens is 2. The van der Waals surface area contributed by atoms with Crippen molar-refractivity contribution in [3.63, 3.8) is 0 Å². The number of nitrogens with two attached hydrogens (primary N) is 1. The number of rotatable bonds is 2. The Morgan fingerprint density at radius 1 is 1.56 bits per heavy atom. The lowest BCUT2D eigenvalue weighted by molar-refractivity contribution is -0.139. The normalized spacial score (nSPS) is 20.2. The molecule has 1 unspecified atom stereocenters. The Hall–Kier alpha value is -1.56. The number of carbonyl (C=O) groups excluding carboxylic acids is 1. The summed E-state index contributed by atoms with van der Waals surface area (Å²) in [6.45, 7) is 7.85. The smallest absolute Gasteiger partial charge is 0.244 e. The van der Waals surface area contributed by atoms with Gasteiger partial charge in [-0.3, -0.25) is 9.48 Å². The summed E-state index contributed by atoms with van der Waals surface area (Å²) in [4.78, 5) is 14.0. The largest absolute Gasteiger partial charge is 0.396 e. The summed E-state index contributed by atoms with van der Waals surface area (Å²) in [5, 5.41) is 4.28. The molecule has 6 heteroatoms. The number of nitrogens with zero attached hydrogens (tertiary/aromatic N) is 3. The van der Waals surface area contributed by atoms with Gasteiger partial charge in [-0.25, -0.2) is 0 Å². The third-order valence-corrected chi connectivity index (χ3v) is 3.32. The molecule has 2 rings (SSSR count). The summed E-state index contributed by atoms with van der Waals surface area (Å²) in [5.41, 5.74) is 8.14. The number of hydrogen-bond donors (Lipinski definition) is 1. The average Bonchev–Trinajstić information content (AvgIpc) is 2.57. The van der Waals surface area contributed by atoms with Gasteiger partial charge in [0.2, 0.25) is 5.91 Å². The van der Waals surface area contributed by atoms with Gasteiger partial charge in [-0.2, -0.15) is 5.10 Å². The molecular formula is C12H20N4O2. The molecule has 1 aromatic rings. The summed E-state index contributed by atoms with van der Waals surface area (Å²) in [6, 6.07) is 0.